The summed E-state index contributed by atoms with van der Waals surface area (Å²) in [6, 6.07) is 29.9. The molecule has 3 N–H and O–H groups in total. The number of aliphatic hydroxyl groups is 2. The van der Waals surface area contributed by atoms with E-state index in [9.17, 15) is 19.8 Å². The number of nitrogens with one attached hydrogen (secondary N) is 1. The Morgan fingerprint density at radius 1 is 0.887 bits per heavy atom. The highest BCUT2D eigenvalue weighted by atomic mass is 16.5. The fourth-order valence-electron chi connectivity index (χ4n) is 8.29. The summed E-state index contributed by atoms with van der Waals surface area (Å²) >= 11 is 0. The molecule has 1 fully saturated rings. The number of ether oxygens (including phenoxy) is 2. The smallest absolute Gasteiger partial charge is 0.322 e. The normalized spacial score (nSPS) is 22.9. The highest BCUT2D eigenvalue weighted by molar-refractivity contribution is 6.10. The number of rotatable bonds is 9. The van der Waals surface area contributed by atoms with Gasteiger partial charge in [-0.15, -0.1) is 0 Å². The topological polar surface area (TPSA) is 108 Å². The molecule has 0 heterocycles. The lowest BCUT2D eigenvalue weighted by molar-refractivity contribution is -0.0773. The molecule has 8 heteroatoms. The number of allylic oxidation sites excluding steroid dienone is 2. The molecule has 4 aromatic carbocycles. The minimum absolute atomic E-state index is 0.103. The molecule has 0 unspecified atom stereocenters. The molecule has 4 aromatic rings. The summed E-state index contributed by atoms with van der Waals surface area (Å²) in [6.45, 7) is 4.65. The van der Waals surface area contributed by atoms with Crippen molar-refractivity contribution < 1.29 is 29.3 Å². The lowest BCUT2D eigenvalue weighted by Crippen LogP contribution is -2.54. The van der Waals surface area contributed by atoms with E-state index in [1.807, 2.05) is 48.5 Å². The third-order valence-corrected chi connectivity index (χ3v) is 11.6. The quantitative estimate of drug-likeness (QED) is 0.118. The highest BCUT2D eigenvalue weighted by Crippen LogP contribution is 2.59. The van der Waals surface area contributed by atoms with Gasteiger partial charge < -0.3 is 29.9 Å². The van der Waals surface area contributed by atoms with Crippen molar-refractivity contribution in [3.63, 3.8) is 0 Å². The zero-order chi connectivity index (χ0) is 37.6. The second-order valence-electron chi connectivity index (χ2n) is 15.0. The number of carbonyl (C=O) groups is 2. The zero-order valence-electron chi connectivity index (χ0n) is 31.3. The minimum atomic E-state index is -1.28. The Hall–Kier alpha value is -4.92. The molecular formula is C45H52N2O6. The van der Waals surface area contributed by atoms with Gasteiger partial charge in [0.05, 0.1) is 32.5 Å². The lowest BCUT2D eigenvalue weighted by atomic mass is 9.64. The van der Waals surface area contributed by atoms with Crippen LogP contribution >= 0.6 is 0 Å². The van der Waals surface area contributed by atoms with Gasteiger partial charge >= 0.3 is 6.03 Å². The summed E-state index contributed by atoms with van der Waals surface area (Å²) in [4.78, 5) is 30.3. The number of urea groups is 1. The summed E-state index contributed by atoms with van der Waals surface area (Å²) < 4.78 is 10.7. The predicted molar refractivity (Wildman–Crippen MR) is 209 cm³/mol. The molecule has 2 bridgehead atoms. The summed E-state index contributed by atoms with van der Waals surface area (Å²) in [5.74, 6) is 1.07. The molecule has 0 saturated heterocycles. The molecule has 0 aliphatic heterocycles. The van der Waals surface area contributed by atoms with Gasteiger partial charge in [-0.1, -0.05) is 61.0 Å². The zero-order valence-corrected chi connectivity index (χ0v) is 31.3. The highest BCUT2D eigenvalue weighted by Gasteiger charge is 2.57. The first-order valence-electron chi connectivity index (χ1n) is 18.6. The van der Waals surface area contributed by atoms with Gasteiger partial charge in [0.25, 0.3) is 0 Å². The van der Waals surface area contributed by atoms with Crippen molar-refractivity contribution in [2.45, 2.75) is 83.0 Å². The molecule has 4 atom stereocenters. The van der Waals surface area contributed by atoms with Gasteiger partial charge in [0, 0.05) is 28.8 Å². The predicted octanol–water partition coefficient (Wildman–Crippen LogP) is 8.71. The van der Waals surface area contributed by atoms with Gasteiger partial charge in [0.2, 0.25) is 0 Å². The van der Waals surface area contributed by atoms with Gasteiger partial charge in [-0.3, -0.25) is 4.79 Å². The van der Waals surface area contributed by atoms with E-state index in [2.05, 4.69) is 25.2 Å². The Morgan fingerprint density at radius 2 is 1.57 bits per heavy atom. The van der Waals surface area contributed by atoms with Gasteiger partial charge in [-0.05, 0) is 129 Å². The Kier molecular flexibility index (Phi) is 11.7. The van der Waals surface area contributed by atoms with Crippen LogP contribution in [0.4, 0.5) is 10.5 Å². The summed E-state index contributed by atoms with van der Waals surface area (Å²) in [7, 11) is 3.20. The van der Waals surface area contributed by atoms with Crippen molar-refractivity contribution in [2.75, 3.05) is 26.1 Å². The summed E-state index contributed by atoms with van der Waals surface area (Å²) in [5.41, 5.74) is 3.71. The standard InChI is InChI=1S/C45H52N2O6/c1-31-9-8-25-44(2)41(39-23-13-33(27-36(48)18-12-31)28-40(39)42(49)34-14-19-37(52-3)20-15-34)24-26-45(44,51)30-47(29-32-10-6-5-7-11-32)43(50)46-35-16-21-38(53-4)22-17-35/h5-7,9-11,13-17,19-23,28,36,41,48,51H,8,12,18,24-27,29-30H2,1-4H3,(H,46,50)/t36-,41-,44-,45+/m0/s1. The number of benzene rings is 4. The number of nitrogens with zero attached hydrogens (tertiary/aromatic N) is 1. The van der Waals surface area contributed by atoms with E-state index in [1.54, 1.807) is 67.7 Å². The summed E-state index contributed by atoms with van der Waals surface area (Å²) in [6.07, 6.45) is 5.97. The molecule has 0 radical (unpaired) electrons. The van der Waals surface area contributed by atoms with Crippen molar-refractivity contribution in [3.8, 4) is 11.5 Å². The first-order valence-corrected chi connectivity index (χ1v) is 18.6. The van der Waals surface area contributed by atoms with Gasteiger partial charge in [-0.25, -0.2) is 4.79 Å². The third kappa shape index (κ3) is 8.50. The molecule has 0 aromatic heterocycles. The maximum atomic E-state index is 14.4. The molecule has 3 aliphatic carbocycles. The van der Waals surface area contributed by atoms with Crippen LogP contribution in [0.3, 0.4) is 0 Å². The minimum Gasteiger partial charge on any atom is -0.497 e. The van der Waals surface area contributed by atoms with Crippen molar-refractivity contribution >= 4 is 17.5 Å². The molecular weight excluding hydrogens is 665 g/mol. The molecule has 1 saturated carbocycles. The van der Waals surface area contributed by atoms with Crippen molar-refractivity contribution in [1.29, 1.82) is 0 Å². The van der Waals surface area contributed by atoms with Crippen LogP contribution in [0.2, 0.25) is 0 Å². The van der Waals surface area contributed by atoms with Crippen molar-refractivity contribution in [1.82, 2.24) is 4.90 Å². The maximum Gasteiger partial charge on any atom is 0.322 e. The molecule has 278 valence electrons. The second-order valence-corrected chi connectivity index (χ2v) is 15.0. The largest absolute Gasteiger partial charge is 0.497 e. The van der Waals surface area contributed by atoms with E-state index < -0.39 is 17.1 Å². The first-order chi connectivity index (χ1) is 25.5. The van der Waals surface area contributed by atoms with Crippen LogP contribution in [0.1, 0.15) is 90.9 Å². The van der Waals surface area contributed by atoms with Crippen molar-refractivity contribution in [2.24, 2.45) is 5.41 Å². The second kappa shape index (κ2) is 16.4. The van der Waals surface area contributed by atoms with Crippen molar-refractivity contribution in [3.05, 3.63) is 137 Å². The van der Waals surface area contributed by atoms with Gasteiger partial charge in [-0.2, -0.15) is 0 Å². The SMILES string of the molecule is COc1ccc(NC(=O)N(Cc2ccccc2)C[C@]2(O)CC[C@H]3c4ccc(cc4C(=O)c4ccc(OC)cc4)C[C@@H](O)CCC(C)=CCC[C@@]32C)cc1. The number of ketones is 1. The van der Waals surface area contributed by atoms with Crippen LogP contribution < -0.4 is 14.8 Å². The first kappa shape index (κ1) is 37.8. The number of fused-ring (bicyclic) bond motifs is 8. The van der Waals surface area contributed by atoms with Gasteiger partial charge in [0.15, 0.2) is 5.78 Å². The van der Waals surface area contributed by atoms with E-state index in [-0.39, 0.29) is 24.3 Å². The van der Waals surface area contributed by atoms with E-state index in [4.69, 9.17) is 9.47 Å². The number of hydrogen-bond donors (Lipinski definition) is 3. The summed E-state index contributed by atoms with van der Waals surface area (Å²) in [5, 5.41) is 27.1. The molecule has 3 aliphatic rings. The third-order valence-electron chi connectivity index (χ3n) is 11.6. The number of aliphatic hydroxyl groups excluding tert-OH is 1. The Balaban J connectivity index is 1.40. The average Bonchev–Trinajstić information content (AvgIpc) is 3.42. The molecule has 8 nitrogen and oxygen atoms in total. The number of anilines is 1. The molecule has 0 spiro atoms. The maximum absolute atomic E-state index is 14.4. The molecule has 7 rings (SSSR count). The monoisotopic (exact) mass is 716 g/mol. The Labute approximate surface area is 313 Å². The van der Waals surface area contributed by atoms with E-state index in [0.29, 0.717) is 73.4 Å². The lowest BCUT2D eigenvalue weighted by Gasteiger charge is -2.46. The Bertz CT molecular complexity index is 1910. The van der Waals surface area contributed by atoms with Crippen LogP contribution in [0.25, 0.3) is 0 Å². The average molecular weight is 717 g/mol. The van der Waals surface area contributed by atoms with Gasteiger partial charge in [0.1, 0.15) is 11.5 Å². The number of methoxy groups -OCH3 is 2. The Morgan fingerprint density at radius 3 is 2.25 bits per heavy atom. The fraction of sp³-hybridized carbons (Fsp3) is 0.378. The van der Waals surface area contributed by atoms with Crippen LogP contribution in [0.15, 0.2) is 109 Å². The number of carbonyl (C=O) groups excluding carboxylic acids is 2. The molecule has 53 heavy (non-hydrogen) atoms. The van der Waals surface area contributed by atoms with Crippen LogP contribution in [-0.2, 0) is 13.0 Å². The van der Waals surface area contributed by atoms with Crippen LogP contribution in [0, 0.1) is 5.41 Å². The van der Waals surface area contributed by atoms with Crippen LogP contribution in [0.5, 0.6) is 11.5 Å². The molecule has 2 amide bonds. The fourth-order valence-corrected chi connectivity index (χ4v) is 8.29. The van der Waals surface area contributed by atoms with Crippen LogP contribution in [-0.4, -0.2) is 59.4 Å². The van der Waals surface area contributed by atoms with E-state index >= 15 is 0 Å². The van der Waals surface area contributed by atoms with E-state index in [1.165, 1.54) is 5.57 Å². The number of amides is 2. The number of hydrogen-bond acceptors (Lipinski definition) is 6. The van der Waals surface area contributed by atoms with E-state index in [0.717, 1.165) is 23.1 Å².